The van der Waals surface area contributed by atoms with Crippen molar-refractivity contribution in [3.8, 4) is 11.3 Å². The van der Waals surface area contributed by atoms with Crippen molar-refractivity contribution in [1.29, 1.82) is 0 Å². The molecule has 0 amide bonds. The van der Waals surface area contributed by atoms with Gasteiger partial charge in [-0.1, -0.05) is 42.0 Å². The first kappa shape index (κ1) is 19.8. The van der Waals surface area contributed by atoms with Crippen LogP contribution in [0.1, 0.15) is 16.1 Å². The van der Waals surface area contributed by atoms with E-state index in [4.69, 9.17) is 0 Å². The number of aromatic nitrogens is 2. The Morgan fingerprint density at radius 1 is 1.03 bits per heavy atom. The first-order valence-corrected chi connectivity index (χ1v) is 11.1. The molecule has 30 heavy (non-hydrogen) atoms. The normalized spacial score (nSPS) is 11.6. The summed E-state index contributed by atoms with van der Waals surface area (Å²) in [4.78, 5) is 16.6. The van der Waals surface area contributed by atoms with Gasteiger partial charge in [-0.3, -0.25) is 4.98 Å². The van der Waals surface area contributed by atoms with E-state index in [0.29, 0.717) is 16.6 Å². The Balaban J connectivity index is 1.79. The third kappa shape index (κ3) is 3.71. The highest BCUT2D eigenvalue weighted by Crippen LogP contribution is 2.30. The number of carbonyl (C=O) groups is 1. The quantitative estimate of drug-likeness (QED) is 0.505. The maximum atomic E-state index is 12.7. The molecule has 0 aliphatic heterocycles. The van der Waals surface area contributed by atoms with Crippen molar-refractivity contribution in [3.05, 3.63) is 84.2 Å². The Hall–Kier alpha value is -3.45. The summed E-state index contributed by atoms with van der Waals surface area (Å²) in [5.41, 5.74) is 3.30. The molecule has 0 saturated heterocycles. The summed E-state index contributed by atoms with van der Waals surface area (Å²) in [6.45, 7) is 2.01. The topological polar surface area (TPSA) is 89.3 Å². The molecule has 6 nitrogen and oxygen atoms in total. The van der Waals surface area contributed by atoms with Gasteiger partial charge < -0.3 is 9.67 Å². The summed E-state index contributed by atoms with van der Waals surface area (Å²) in [7, 11) is -3.54. The van der Waals surface area contributed by atoms with Gasteiger partial charge in [-0.2, -0.15) is 0 Å². The van der Waals surface area contributed by atoms with Crippen LogP contribution in [0.4, 0.5) is 0 Å². The number of aromatic carboxylic acids is 1. The highest BCUT2D eigenvalue weighted by Gasteiger charge is 2.21. The van der Waals surface area contributed by atoms with E-state index >= 15 is 0 Å². The Morgan fingerprint density at radius 2 is 1.80 bits per heavy atom. The molecule has 4 aromatic rings. The van der Waals surface area contributed by atoms with Gasteiger partial charge in [0.2, 0.25) is 0 Å². The molecular formula is C23H20N2O4S. The number of pyridine rings is 1. The smallest absolute Gasteiger partial charge is 0.352 e. The fourth-order valence-corrected chi connectivity index (χ4v) is 4.81. The average Bonchev–Trinajstić information content (AvgIpc) is 3.12. The highest BCUT2D eigenvalue weighted by atomic mass is 32.2. The van der Waals surface area contributed by atoms with Crippen LogP contribution >= 0.6 is 0 Å². The highest BCUT2D eigenvalue weighted by molar-refractivity contribution is 7.91. The van der Waals surface area contributed by atoms with Crippen molar-refractivity contribution in [2.75, 3.05) is 5.75 Å². The van der Waals surface area contributed by atoms with E-state index in [1.165, 1.54) is 0 Å². The third-order valence-corrected chi connectivity index (χ3v) is 6.74. The van der Waals surface area contributed by atoms with Crippen LogP contribution < -0.4 is 0 Å². The van der Waals surface area contributed by atoms with E-state index in [0.717, 1.165) is 11.1 Å². The van der Waals surface area contributed by atoms with Crippen LogP contribution in [0, 0.1) is 6.92 Å². The Bertz CT molecular complexity index is 1340. The van der Waals surface area contributed by atoms with Gasteiger partial charge in [0, 0.05) is 23.7 Å². The van der Waals surface area contributed by atoms with Gasteiger partial charge in [-0.05, 0) is 37.3 Å². The fraction of sp³-hybridized carbons (Fsp3) is 0.130. The lowest BCUT2D eigenvalue weighted by molar-refractivity contribution is 0.0686. The number of benzene rings is 2. The number of hydrogen-bond donors (Lipinski definition) is 1. The summed E-state index contributed by atoms with van der Waals surface area (Å²) in [6.07, 6.45) is 1.62. The number of hydrogen-bond acceptors (Lipinski definition) is 4. The molecule has 0 atom stereocenters. The fourth-order valence-electron chi connectivity index (χ4n) is 3.58. The van der Waals surface area contributed by atoms with E-state index in [9.17, 15) is 18.3 Å². The zero-order valence-electron chi connectivity index (χ0n) is 16.3. The molecule has 0 bridgehead atoms. The van der Waals surface area contributed by atoms with Gasteiger partial charge in [-0.15, -0.1) is 0 Å². The lowest BCUT2D eigenvalue weighted by atomic mass is 10.1. The second-order valence-electron chi connectivity index (χ2n) is 7.08. The molecule has 4 rings (SSSR count). The van der Waals surface area contributed by atoms with Crippen LogP contribution in [0.25, 0.3) is 22.2 Å². The predicted molar refractivity (Wildman–Crippen MR) is 115 cm³/mol. The molecule has 0 radical (unpaired) electrons. The molecule has 0 fully saturated rings. The Morgan fingerprint density at radius 3 is 2.50 bits per heavy atom. The lowest BCUT2D eigenvalue weighted by Gasteiger charge is -2.10. The predicted octanol–water partition coefficient (Wildman–Crippen LogP) is 4.18. The molecule has 1 N–H and O–H groups in total. The number of rotatable bonds is 6. The minimum atomic E-state index is -3.54. The van der Waals surface area contributed by atoms with E-state index < -0.39 is 15.8 Å². The number of fused-ring (bicyclic) bond motifs is 1. The van der Waals surface area contributed by atoms with Crippen molar-refractivity contribution in [3.63, 3.8) is 0 Å². The van der Waals surface area contributed by atoms with E-state index in [-0.39, 0.29) is 22.9 Å². The van der Waals surface area contributed by atoms with Crippen LogP contribution in [0.15, 0.2) is 77.8 Å². The molecule has 2 aromatic carbocycles. The number of carboxylic acid groups (broad SMARTS) is 1. The second-order valence-corrected chi connectivity index (χ2v) is 9.19. The molecule has 0 spiro atoms. The van der Waals surface area contributed by atoms with Crippen molar-refractivity contribution in [2.24, 2.45) is 0 Å². The van der Waals surface area contributed by atoms with E-state index in [2.05, 4.69) is 4.98 Å². The summed E-state index contributed by atoms with van der Waals surface area (Å²) >= 11 is 0. The van der Waals surface area contributed by atoms with Crippen LogP contribution in [0.3, 0.4) is 0 Å². The number of carboxylic acids is 1. The first-order valence-electron chi connectivity index (χ1n) is 9.43. The first-order chi connectivity index (χ1) is 14.4. The molecule has 0 aliphatic carbocycles. The van der Waals surface area contributed by atoms with Crippen molar-refractivity contribution >= 4 is 26.7 Å². The average molecular weight is 420 g/mol. The van der Waals surface area contributed by atoms with Gasteiger partial charge >= 0.3 is 5.97 Å². The summed E-state index contributed by atoms with van der Waals surface area (Å²) in [5.74, 6) is -1.32. The minimum Gasteiger partial charge on any atom is -0.477 e. The van der Waals surface area contributed by atoms with E-state index in [1.54, 1.807) is 53.2 Å². The summed E-state index contributed by atoms with van der Waals surface area (Å²) in [6, 6.07) is 19.3. The third-order valence-electron chi connectivity index (χ3n) is 5.03. The number of aryl methyl sites for hydroxylation is 2. The van der Waals surface area contributed by atoms with Gasteiger partial charge in [0.25, 0.3) is 0 Å². The van der Waals surface area contributed by atoms with Gasteiger partial charge in [-0.25, -0.2) is 13.2 Å². The second kappa shape index (κ2) is 7.76. The van der Waals surface area contributed by atoms with Crippen LogP contribution in [0.2, 0.25) is 0 Å². The maximum absolute atomic E-state index is 12.7. The maximum Gasteiger partial charge on any atom is 0.352 e. The van der Waals surface area contributed by atoms with Crippen LogP contribution in [0.5, 0.6) is 0 Å². The van der Waals surface area contributed by atoms with Gasteiger partial charge in [0.15, 0.2) is 9.84 Å². The van der Waals surface area contributed by atoms with Crippen molar-refractivity contribution < 1.29 is 18.3 Å². The summed E-state index contributed by atoms with van der Waals surface area (Å²) in [5, 5.41) is 10.4. The largest absolute Gasteiger partial charge is 0.477 e. The van der Waals surface area contributed by atoms with Gasteiger partial charge in [0.1, 0.15) is 5.69 Å². The molecule has 2 aromatic heterocycles. The molecule has 7 heteroatoms. The van der Waals surface area contributed by atoms with Crippen molar-refractivity contribution in [1.82, 2.24) is 9.55 Å². The zero-order chi connectivity index (χ0) is 21.3. The monoisotopic (exact) mass is 420 g/mol. The number of nitrogens with zero attached hydrogens (tertiary/aromatic N) is 2. The molecule has 2 heterocycles. The van der Waals surface area contributed by atoms with Gasteiger partial charge in [0.05, 0.1) is 21.9 Å². The molecule has 152 valence electrons. The van der Waals surface area contributed by atoms with Crippen LogP contribution in [-0.4, -0.2) is 34.8 Å². The summed E-state index contributed by atoms with van der Waals surface area (Å²) < 4.78 is 26.9. The molecular weight excluding hydrogens is 400 g/mol. The standard InChI is InChI=1S/C23H20N2O4S/c1-16-6-5-7-17(14-16)22-19-15-21(23(26)27)25(20(19)10-11-24-22)12-13-30(28,29)18-8-3-2-4-9-18/h2-11,14-15H,12-13H2,1H3,(H,26,27). The SMILES string of the molecule is Cc1cccc(-c2nccc3c2cc(C(=O)O)n3CCS(=O)(=O)c2ccccc2)c1. The van der Waals surface area contributed by atoms with Crippen molar-refractivity contribution in [2.45, 2.75) is 18.4 Å². The lowest BCUT2D eigenvalue weighted by Crippen LogP contribution is -2.16. The molecule has 0 unspecified atom stereocenters. The molecule has 0 saturated carbocycles. The van der Waals surface area contributed by atoms with E-state index in [1.807, 2.05) is 31.2 Å². The minimum absolute atomic E-state index is 0.0274. The zero-order valence-corrected chi connectivity index (χ0v) is 17.1. The van der Waals surface area contributed by atoms with Crippen LogP contribution in [-0.2, 0) is 16.4 Å². The Kier molecular flexibility index (Phi) is 5.13. The number of sulfone groups is 1. The Labute approximate surface area is 174 Å². The molecule has 0 aliphatic rings.